The van der Waals surface area contributed by atoms with E-state index >= 15 is 0 Å². The molecule has 0 saturated carbocycles. The molecule has 0 bridgehead atoms. The molecule has 0 spiro atoms. The molecule has 0 aromatic rings. The molecule has 0 saturated heterocycles. The van der Waals surface area contributed by atoms with Crippen molar-refractivity contribution in [3.63, 3.8) is 0 Å². The number of unbranched alkanes of at least 4 members (excludes halogenated alkanes) is 1. The zero-order chi connectivity index (χ0) is 11.7. The zero-order valence-corrected chi connectivity index (χ0v) is 10.8. The quantitative estimate of drug-likeness (QED) is 0.556. The number of hydrogen-bond acceptors (Lipinski definition) is 3. The first-order valence-electron chi connectivity index (χ1n) is 5.70. The van der Waals surface area contributed by atoms with Gasteiger partial charge in [0.1, 0.15) is 0 Å². The maximum absolute atomic E-state index is 5.88. The van der Waals surface area contributed by atoms with Gasteiger partial charge in [-0.25, -0.2) is 0 Å². The minimum Gasteiger partial charge on any atom is -0.384 e. The molecule has 0 fully saturated rings. The Morgan fingerprint density at radius 1 is 1.07 bits per heavy atom. The minimum atomic E-state index is -0.179. The van der Waals surface area contributed by atoms with E-state index in [9.17, 15) is 0 Å². The topological polar surface area (TPSA) is 27.7 Å². The predicted octanol–water partition coefficient (Wildman–Crippen LogP) is 2.49. The molecule has 15 heavy (non-hydrogen) atoms. The average molecular weight is 218 g/mol. The van der Waals surface area contributed by atoms with Gasteiger partial charge in [0.05, 0.1) is 18.8 Å². The molecule has 3 nitrogen and oxygen atoms in total. The van der Waals surface area contributed by atoms with Crippen molar-refractivity contribution in [3.8, 4) is 0 Å². The highest BCUT2D eigenvalue weighted by molar-refractivity contribution is 4.79. The normalized spacial score (nSPS) is 12.4. The lowest BCUT2D eigenvalue weighted by Crippen LogP contribution is -2.40. The summed E-state index contributed by atoms with van der Waals surface area (Å²) in [6, 6.07) is 0. The Balaban J connectivity index is 4.08. The summed E-state index contributed by atoms with van der Waals surface area (Å²) in [5, 5.41) is 0. The summed E-state index contributed by atoms with van der Waals surface area (Å²) in [6.07, 6.45) is 2.27. The summed E-state index contributed by atoms with van der Waals surface area (Å²) < 4.78 is 16.3. The maximum atomic E-state index is 5.88. The number of methoxy groups -OCH3 is 2. The molecule has 0 rings (SSSR count). The third-order valence-electron chi connectivity index (χ3n) is 2.69. The first kappa shape index (κ1) is 14.9. The molecule has 0 heterocycles. The first-order valence-corrected chi connectivity index (χ1v) is 5.70. The average Bonchev–Trinajstić information content (AvgIpc) is 2.18. The van der Waals surface area contributed by atoms with Gasteiger partial charge in [0.15, 0.2) is 0 Å². The molecule has 0 aromatic carbocycles. The highest BCUT2D eigenvalue weighted by Gasteiger charge is 2.30. The highest BCUT2D eigenvalue weighted by atomic mass is 16.5. The Hall–Kier alpha value is -0.120. The lowest BCUT2D eigenvalue weighted by atomic mass is 9.92. The van der Waals surface area contributed by atoms with Gasteiger partial charge in [-0.05, 0) is 20.3 Å². The molecule has 0 aromatic heterocycles. The van der Waals surface area contributed by atoms with Gasteiger partial charge in [0, 0.05) is 26.7 Å². The third kappa shape index (κ3) is 6.13. The van der Waals surface area contributed by atoms with Crippen molar-refractivity contribution in [2.24, 2.45) is 5.92 Å². The smallest absolute Gasteiger partial charge is 0.0698 e. The van der Waals surface area contributed by atoms with Crippen molar-refractivity contribution >= 4 is 0 Å². The van der Waals surface area contributed by atoms with E-state index in [0.717, 1.165) is 19.4 Å². The second kappa shape index (κ2) is 8.08. The van der Waals surface area contributed by atoms with E-state index < -0.39 is 0 Å². The summed E-state index contributed by atoms with van der Waals surface area (Å²) in [6.45, 7) is 8.53. The summed E-state index contributed by atoms with van der Waals surface area (Å²) in [4.78, 5) is 0. The summed E-state index contributed by atoms with van der Waals surface area (Å²) >= 11 is 0. The van der Waals surface area contributed by atoms with Gasteiger partial charge < -0.3 is 14.2 Å². The second-order valence-electron chi connectivity index (χ2n) is 4.41. The largest absolute Gasteiger partial charge is 0.384 e. The van der Waals surface area contributed by atoms with E-state index in [-0.39, 0.29) is 11.5 Å². The van der Waals surface area contributed by atoms with Crippen molar-refractivity contribution < 1.29 is 14.2 Å². The van der Waals surface area contributed by atoms with Gasteiger partial charge in [-0.2, -0.15) is 0 Å². The zero-order valence-electron chi connectivity index (χ0n) is 10.8. The molecular weight excluding hydrogens is 192 g/mol. The highest BCUT2D eigenvalue weighted by Crippen LogP contribution is 2.22. The Labute approximate surface area is 94.1 Å². The molecule has 0 unspecified atom stereocenters. The lowest BCUT2D eigenvalue weighted by molar-refractivity contribution is -0.0981. The minimum absolute atomic E-state index is 0.179. The van der Waals surface area contributed by atoms with Crippen LogP contribution in [0.3, 0.4) is 0 Å². The summed E-state index contributed by atoms with van der Waals surface area (Å²) in [5.41, 5.74) is -0.179. The second-order valence-corrected chi connectivity index (χ2v) is 4.41. The summed E-state index contributed by atoms with van der Waals surface area (Å²) in [5.74, 6) is 0.282. The Morgan fingerprint density at radius 2 is 1.60 bits per heavy atom. The van der Waals surface area contributed by atoms with Crippen LogP contribution in [0.1, 0.15) is 33.6 Å². The first-order chi connectivity index (χ1) is 7.08. The van der Waals surface area contributed by atoms with Crippen molar-refractivity contribution in [2.45, 2.75) is 39.2 Å². The third-order valence-corrected chi connectivity index (χ3v) is 2.69. The van der Waals surface area contributed by atoms with E-state index in [2.05, 4.69) is 20.8 Å². The molecule has 0 radical (unpaired) electrons. The molecule has 0 amide bonds. The van der Waals surface area contributed by atoms with Crippen molar-refractivity contribution in [1.82, 2.24) is 0 Å². The van der Waals surface area contributed by atoms with Crippen LogP contribution >= 0.6 is 0 Å². The Kier molecular flexibility index (Phi) is 8.02. The van der Waals surface area contributed by atoms with Crippen LogP contribution in [0.15, 0.2) is 0 Å². The van der Waals surface area contributed by atoms with E-state index in [0.29, 0.717) is 13.2 Å². The SMILES string of the molecule is CCCCOC(C)(C)C(COC)COC. The van der Waals surface area contributed by atoms with E-state index in [1.54, 1.807) is 14.2 Å². The Morgan fingerprint density at radius 3 is 2.00 bits per heavy atom. The van der Waals surface area contributed by atoms with E-state index in [1.165, 1.54) is 0 Å². The van der Waals surface area contributed by atoms with Crippen LogP contribution in [-0.2, 0) is 14.2 Å². The van der Waals surface area contributed by atoms with Crippen LogP contribution in [0.5, 0.6) is 0 Å². The molecule has 0 aliphatic heterocycles. The number of ether oxygens (including phenoxy) is 3. The number of rotatable bonds is 9. The van der Waals surface area contributed by atoms with Gasteiger partial charge in [0.2, 0.25) is 0 Å². The molecule has 0 atom stereocenters. The maximum Gasteiger partial charge on any atom is 0.0698 e. The van der Waals surface area contributed by atoms with Crippen LogP contribution in [-0.4, -0.2) is 39.6 Å². The fraction of sp³-hybridized carbons (Fsp3) is 1.00. The Bertz CT molecular complexity index is 140. The standard InChI is InChI=1S/C12H26O3/c1-6-7-8-15-12(2,3)11(9-13-4)10-14-5/h11H,6-10H2,1-5H3. The molecule has 0 aliphatic rings. The monoisotopic (exact) mass is 218 g/mol. The number of hydrogen-bond donors (Lipinski definition) is 0. The fourth-order valence-electron chi connectivity index (χ4n) is 1.45. The summed E-state index contributed by atoms with van der Waals surface area (Å²) in [7, 11) is 3.43. The molecule has 3 heteroatoms. The molecule has 0 aliphatic carbocycles. The van der Waals surface area contributed by atoms with Gasteiger partial charge >= 0.3 is 0 Å². The fourth-order valence-corrected chi connectivity index (χ4v) is 1.45. The molecule has 92 valence electrons. The predicted molar refractivity (Wildman–Crippen MR) is 62.2 cm³/mol. The van der Waals surface area contributed by atoms with Crippen molar-refractivity contribution in [3.05, 3.63) is 0 Å². The van der Waals surface area contributed by atoms with Crippen molar-refractivity contribution in [1.29, 1.82) is 0 Å². The van der Waals surface area contributed by atoms with Crippen LogP contribution in [0.25, 0.3) is 0 Å². The van der Waals surface area contributed by atoms with Gasteiger partial charge in [-0.3, -0.25) is 0 Å². The van der Waals surface area contributed by atoms with E-state index in [4.69, 9.17) is 14.2 Å². The van der Waals surface area contributed by atoms with Crippen LogP contribution in [0.2, 0.25) is 0 Å². The lowest BCUT2D eigenvalue weighted by Gasteiger charge is -2.33. The molecular formula is C12H26O3. The van der Waals surface area contributed by atoms with E-state index in [1.807, 2.05) is 0 Å². The van der Waals surface area contributed by atoms with Crippen LogP contribution in [0, 0.1) is 5.92 Å². The van der Waals surface area contributed by atoms with Gasteiger partial charge in [-0.15, -0.1) is 0 Å². The van der Waals surface area contributed by atoms with Crippen LogP contribution < -0.4 is 0 Å². The molecule has 0 N–H and O–H groups in total. The van der Waals surface area contributed by atoms with Gasteiger partial charge in [-0.1, -0.05) is 13.3 Å². The van der Waals surface area contributed by atoms with Gasteiger partial charge in [0.25, 0.3) is 0 Å². The van der Waals surface area contributed by atoms with Crippen LogP contribution in [0.4, 0.5) is 0 Å². The van der Waals surface area contributed by atoms with Crippen molar-refractivity contribution in [2.75, 3.05) is 34.0 Å².